The molecule has 1 aromatic heterocycles. The quantitative estimate of drug-likeness (QED) is 0.734. The van der Waals surface area contributed by atoms with Crippen LogP contribution in [0.5, 0.6) is 0 Å². The molecule has 33 heavy (non-hydrogen) atoms. The molecule has 3 saturated carbocycles. The molecular formula is C25H32F3N3O2. The van der Waals surface area contributed by atoms with Crippen molar-refractivity contribution < 1.29 is 22.7 Å². The number of pyridine rings is 1. The van der Waals surface area contributed by atoms with Gasteiger partial charge in [0, 0.05) is 55.5 Å². The van der Waals surface area contributed by atoms with Crippen molar-refractivity contribution in [2.75, 3.05) is 19.8 Å². The fraction of sp³-hybridized carbons (Fsp3) is 0.760. The molecule has 5 aliphatic rings. The van der Waals surface area contributed by atoms with E-state index < -0.39 is 11.7 Å². The number of carbonyl (C=O) groups is 1. The molecule has 2 aliphatic heterocycles. The maximum absolute atomic E-state index is 13.9. The average Bonchev–Trinajstić information content (AvgIpc) is 3.30. The summed E-state index contributed by atoms with van der Waals surface area (Å²) in [6.07, 6.45) is 5.44. The SMILES string of the molecule is O=C(N1CCc2ncc(C(F)(F)F)cc2C1)[C@@]12CCC[C@@H]1C[C@@H](N[C@@H]1CCOCC13CC3)C2. The number of nitrogens with zero attached hydrogens (tertiary/aromatic N) is 2. The summed E-state index contributed by atoms with van der Waals surface area (Å²) >= 11 is 0. The maximum atomic E-state index is 13.9. The highest BCUT2D eigenvalue weighted by atomic mass is 19.4. The Morgan fingerprint density at radius 2 is 2.09 bits per heavy atom. The van der Waals surface area contributed by atoms with Crippen molar-refractivity contribution >= 4 is 5.91 Å². The van der Waals surface area contributed by atoms with Gasteiger partial charge in [-0.05, 0) is 62.5 Å². The number of hydrogen-bond acceptors (Lipinski definition) is 4. The van der Waals surface area contributed by atoms with Gasteiger partial charge in [0.05, 0.1) is 17.6 Å². The zero-order valence-corrected chi connectivity index (χ0v) is 18.9. The lowest BCUT2D eigenvalue weighted by Gasteiger charge is -2.38. The van der Waals surface area contributed by atoms with Gasteiger partial charge < -0.3 is 15.0 Å². The molecule has 1 aromatic rings. The van der Waals surface area contributed by atoms with Gasteiger partial charge in [-0.2, -0.15) is 13.2 Å². The van der Waals surface area contributed by atoms with Gasteiger partial charge >= 0.3 is 6.18 Å². The maximum Gasteiger partial charge on any atom is 0.417 e. The van der Waals surface area contributed by atoms with Crippen LogP contribution in [0, 0.1) is 16.7 Å². The van der Waals surface area contributed by atoms with Crippen LogP contribution in [0.1, 0.15) is 68.2 Å². The van der Waals surface area contributed by atoms with Gasteiger partial charge in [0.15, 0.2) is 0 Å². The molecule has 3 aliphatic carbocycles. The van der Waals surface area contributed by atoms with E-state index in [0.29, 0.717) is 47.6 Å². The molecule has 0 bridgehead atoms. The van der Waals surface area contributed by atoms with E-state index in [2.05, 4.69) is 10.3 Å². The number of carbonyl (C=O) groups excluding carboxylic acids is 1. The van der Waals surface area contributed by atoms with E-state index in [9.17, 15) is 18.0 Å². The Morgan fingerprint density at radius 1 is 1.24 bits per heavy atom. The van der Waals surface area contributed by atoms with Crippen LogP contribution >= 0.6 is 0 Å². The molecule has 1 spiro atoms. The summed E-state index contributed by atoms with van der Waals surface area (Å²) in [4.78, 5) is 19.8. The topological polar surface area (TPSA) is 54.5 Å². The third kappa shape index (κ3) is 3.68. The van der Waals surface area contributed by atoms with Gasteiger partial charge in [-0.15, -0.1) is 0 Å². The van der Waals surface area contributed by atoms with Crippen molar-refractivity contribution in [1.29, 1.82) is 0 Å². The number of halogens is 3. The minimum Gasteiger partial charge on any atom is -0.381 e. The fourth-order valence-corrected chi connectivity index (χ4v) is 7.27. The van der Waals surface area contributed by atoms with Crippen LogP contribution in [-0.2, 0) is 28.7 Å². The van der Waals surface area contributed by atoms with Crippen molar-refractivity contribution in [3.8, 4) is 0 Å². The standard InChI is InChI=1S/C25H32F3N3O2/c26-25(27,28)18-10-16-14-31(8-3-20(16)29-13-18)22(32)24-5-1-2-17(24)11-19(12-24)30-21-4-9-33-15-23(21)6-7-23/h10,13,17,19,21,30H,1-9,11-12,14-15H2/t17-,19-,21-,24-/m1/s1. The first-order chi connectivity index (χ1) is 15.8. The molecule has 4 fully saturated rings. The minimum atomic E-state index is -4.42. The Bertz CT molecular complexity index is 947. The van der Waals surface area contributed by atoms with Gasteiger partial charge in [0.25, 0.3) is 0 Å². The monoisotopic (exact) mass is 463 g/mol. The van der Waals surface area contributed by atoms with Crippen LogP contribution < -0.4 is 5.32 Å². The van der Waals surface area contributed by atoms with Crippen molar-refractivity contribution in [3.63, 3.8) is 0 Å². The van der Waals surface area contributed by atoms with Gasteiger partial charge in [0.2, 0.25) is 5.91 Å². The van der Waals surface area contributed by atoms with E-state index in [4.69, 9.17) is 4.74 Å². The lowest BCUT2D eigenvalue weighted by molar-refractivity contribution is -0.144. The van der Waals surface area contributed by atoms with Crippen LogP contribution in [-0.4, -0.2) is 47.6 Å². The first-order valence-corrected chi connectivity index (χ1v) is 12.5. The van der Waals surface area contributed by atoms with Crippen molar-refractivity contribution in [1.82, 2.24) is 15.2 Å². The molecule has 1 saturated heterocycles. The summed E-state index contributed by atoms with van der Waals surface area (Å²) in [5, 5.41) is 3.94. The van der Waals surface area contributed by atoms with Crippen molar-refractivity contribution in [3.05, 3.63) is 29.1 Å². The number of alkyl halides is 3. The number of rotatable bonds is 3. The second kappa shape index (κ2) is 7.67. The third-order valence-corrected chi connectivity index (χ3v) is 9.23. The van der Waals surface area contributed by atoms with Gasteiger partial charge in [-0.25, -0.2) is 0 Å². The van der Waals surface area contributed by atoms with E-state index in [0.717, 1.165) is 57.9 Å². The predicted molar refractivity (Wildman–Crippen MR) is 115 cm³/mol. The first-order valence-electron chi connectivity index (χ1n) is 12.5. The Balaban J connectivity index is 1.18. The summed E-state index contributed by atoms with van der Waals surface area (Å²) < 4.78 is 45.3. The number of fused-ring (bicyclic) bond motifs is 2. The van der Waals surface area contributed by atoms with E-state index in [1.807, 2.05) is 4.90 Å². The molecule has 1 amide bonds. The smallest absolute Gasteiger partial charge is 0.381 e. The molecule has 0 unspecified atom stereocenters. The summed E-state index contributed by atoms with van der Waals surface area (Å²) in [5.41, 5.74) is 0.454. The molecule has 1 N–H and O–H groups in total. The second-order valence-electron chi connectivity index (χ2n) is 11.1. The van der Waals surface area contributed by atoms with Crippen LogP contribution in [0.3, 0.4) is 0 Å². The second-order valence-corrected chi connectivity index (χ2v) is 11.1. The highest BCUT2D eigenvalue weighted by molar-refractivity contribution is 5.84. The van der Waals surface area contributed by atoms with Gasteiger partial charge in [-0.1, -0.05) is 6.42 Å². The molecular weight excluding hydrogens is 431 g/mol. The summed E-state index contributed by atoms with van der Waals surface area (Å²) in [7, 11) is 0. The molecule has 0 radical (unpaired) electrons. The summed E-state index contributed by atoms with van der Waals surface area (Å²) in [6, 6.07) is 2.01. The van der Waals surface area contributed by atoms with E-state index in [1.165, 1.54) is 18.9 Å². The molecule has 6 rings (SSSR count). The van der Waals surface area contributed by atoms with Crippen molar-refractivity contribution in [2.45, 2.75) is 82.6 Å². The Hall–Kier alpha value is -1.67. The largest absolute Gasteiger partial charge is 0.417 e. The number of ether oxygens (including phenoxy) is 1. The lowest BCUT2D eigenvalue weighted by Crippen LogP contribution is -2.49. The molecule has 0 aromatic carbocycles. The molecule has 3 heterocycles. The Kier molecular flexibility index (Phi) is 5.07. The number of aromatic nitrogens is 1. The third-order valence-electron chi connectivity index (χ3n) is 9.23. The van der Waals surface area contributed by atoms with E-state index in [1.54, 1.807) is 0 Å². The lowest BCUT2D eigenvalue weighted by atomic mass is 9.78. The fourth-order valence-electron chi connectivity index (χ4n) is 7.27. The highest BCUT2D eigenvalue weighted by Gasteiger charge is 2.58. The average molecular weight is 464 g/mol. The summed E-state index contributed by atoms with van der Waals surface area (Å²) in [6.45, 7) is 2.44. The minimum absolute atomic E-state index is 0.158. The zero-order valence-electron chi connectivity index (χ0n) is 18.9. The van der Waals surface area contributed by atoms with Crippen LogP contribution in [0.2, 0.25) is 0 Å². The van der Waals surface area contributed by atoms with Crippen LogP contribution in [0.25, 0.3) is 0 Å². The Labute approximate surface area is 192 Å². The number of nitrogens with one attached hydrogen (secondary N) is 1. The summed E-state index contributed by atoms with van der Waals surface area (Å²) in [5.74, 6) is 0.531. The number of amides is 1. The van der Waals surface area contributed by atoms with Crippen LogP contribution in [0.4, 0.5) is 13.2 Å². The normalized spacial score (nSPS) is 34.9. The first kappa shape index (κ1) is 21.8. The highest BCUT2D eigenvalue weighted by Crippen LogP contribution is 2.57. The van der Waals surface area contributed by atoms with Gasteiger partial charge in [0.1, 0.15) is 0 Å². The molecule has 4 atom stereocenters. The number of hydrogen-bond donors (Lipinski definition) is 1. The van der Waals surface area contributed by atoms with Gasteiger partial charge in [-0.3, -0.25) is 9.78 Å². The molecule has 180 valence electrons. The van der Waals surface area contributed by atoms with E-state index in [-0.39, 0.29) is 17.9 Å². The Morgan fingerprint density at radius 3 is 2.88 bits per heavy atom. The zero-order chi connectivity index (χ0) is 22.8. The van der Waals surface area contributed by atoms with E-state index >= 15 is 0 Å². The molecule has 5 nitrogen and oxygen atoms in total. The molecule has 8 heteroatoms. The van der Waals surface area contributed by atoms with Crippen LogP contribution in [0.15, 0.2) is 12.3 Å². The predicted octanol–water partition coefficient (Wildman–Crippen LogP) is 4.09. The van der Waals surface area contributed by atoms with Crippen molar-refractivity contribution in [2.24, 2.45) is 16.7 Å².